The van der Waals surface area contributed by atoms with E-state index in [1.807, 2.05) is 0 Å². The standard InChI is InChI=1S/C7H8O3S/c8-6(3-7(9)10)5-1-2-11-4-5/h1-2,4,6,8H,3H2,(H,9,10). The van der Waals surface area contributed by atoms with Crippen LogP contribution < -0.4 is 0 Å². The number of aliphatic hydroxyl groups excluding tert-OH is 1. The maximum Gasteiger partial charge on any atom is 0.306 e. The predicted octanol–water partition coefficient (Wildman–Crippen LogP) is 1.26. The second-order valence-corrected chi connectivity index (χ2v) is 2.95. The molecule has 1 unspecified atom stereocenters. The summed E-state index contributed by atoms with van der Waals surface area (Å²) in [5.41, 5.74) is 0.678. The molecule has 0 aliphatic carbocycles. The summed E-state index contributed by atoms with van der Waals surface area (Å²) in [7, 11) is 0. The molecule has 0 spiro atoms. The molecule has 1 atom stereocenters. The van der Waals surface area contributed by atoms with Crippen LogP contribution in [0.4, 0.5) is 0 Å². The first-order valence-electron chi connectivity index (χ1n) is 3.12. The van der Waals surface area contributed by atoms with E-state index in [0.29, 0.717) is 5.56 Å². The zero-order chi connectivity index (χ0) is 8.27. The molecule has 1 heterocycles. The number of carboxylic acids is 1. The largest absolute Gasteiger partial charge is 0.481 e. The molecule has 0 aliphatic rings. The van der Waals surface area contributed by atoms with Crippen molar-refractivity contribution < 1.29 is 15.0 Å². The number of hydrogen-bond donors (Lipinski definition) is 2. The summed E-state index contributed by atoms with van der Waals surface area (Å²) in [6.45, 7) is 0. The Labute approximate surface area is 67.9 Å². The van der Waals surface area contributed by atoms with Crippen molar-refractivity contribution >= 4 is 17.3 Å². The molecule has 1 aromatic rings. The summed E-state index contributed by atoms with van der Waals surface area (Å²) < 4.78 is 0. The van der Waals surface area contributed by atoms with Gasteiger partial charge in [-0.15, -0.1) is 0 Å². The molecular weight excluding hydrogens is 164 g/mol. The lowest BCUT2D eigenvalue weighted by Crippen LogP contribution is -2.03. The first-order chi connectivity index (χ1) is 5.20. The van der Waals surface area contributed by atoms with Crippen LogP contribution in [-0.4, -0.2) is 16.2 Å². The third-order valence-corrected chi connectivity index (χ3v) is 2.00. The first-order valence-corrected chi connectivity index (χ1v) is 4.06. The van der Waals surface area contributed by atoms with E-state index in [4.69, 9.17) is 5.11 Å². The Morgan fingerprint density at radius 3 is 2.91 bits per heavy atom. The van der Waals surface area contributed by atoms with E-state index in [9.17, 15) is 9.90 Å². The lowest BCUT2D eigenvalue weighted by molar-refractivity contribution is -0.139. The number of rotatable bonds is 3. The second kappa shape index (κ2) is 3.50. The van der Waals surface area contributed by atoms with Crippen molar-refractivity contribution in [2.45, 2.75) is 12.5 Å². The number of hydrogen-bond acceptors (Lipinski definition) is 3. The monoisotopic (exact) mass is 172 g/mol. The quantitative estimate of drug-likeness (QED) is 0.721. The molecule has 60 valence electrons. The lowest BCUT2D eigenvalue weighted by atomic mass is 10.1. The van der Waals surface area contributed by atoms with Gasteiger partial charge in [0.1, 0.15) is 0 Å². The van der Waals surface area contributed by atoms with Gasteiger partial charge < -0.3 is 10.2 Å². The van der Waals surface area contributed by atoms with Crippen molar-refractivity contribution in [3.05, 3.63) is 22.4 Å². The fourth-order valence-electron chi connectivity index (χ4n) is 0.748. The molecule has 0 bridgehead atoms. The predicted molar refractivity (Wildman–Crippen MR) is 41.5 cm³/mol. The molecule has 0 aliphatic heterocycles. The van der Waals surface area contributed by atoms with Crippen LogP contribution in [0.25, 0.3) is 0 Å². The van der Waals surface area contributed by atoms with Gasteiger partial charge in [0.05, 0.1) is 12.5 Å². The van der Waals surface area contributed by atoms with Crippen LogP contribution >= 0.6 is 11.3 Å². The van der Waals surface area contributed by atoms with Crippen molar-refractivity contribution in [1.29, 1.82) is 0 Å². The Morgan fingerprint density at radius 1 is 1.73 bits per heavy atom. The molecule has 2 N–H and O–H groups in total. The van der Waals surface area contributed by atoms with Gasteiger partial charge in [-0.1, -0.05) is 0 Å². The van der Waals surface area contributed by atoms with Gasteiger partial charge >= 0.3 is 5.97 Å². The van der Waals surface area contributed by atoms with Crippen LogP contribution in [-0.2, 0) is 4.79 Å². The fraction of sp³-hybridized carbons (Fsp3) is 0.286. The van der Waals surface area contributed by atoms with Crippen LogP contribution in [0.5, 0.6) is 0 Å². The molecule has 0 saturated carbocycles. The molecule has 3 nitrogen and oxygen atoms in total. The highest BCUT2D eigenvalue weighted by Crippen LogP contribution is 2.18. The average molecular weight is 172 g/mol. The Morgan fingerprint density at radius 2 is 2.45 bits per heavy atom. The Hall–Kier alpha value is -0.870. The number of thiophene rings is 1. The topological polar surface area (TPSA) is 57.5 Å². The van der Waals surface area contributed by atoms with E-state index >= 15 is 0 Å². The van der Waals surface area contributed by atoms with Crippen molar-refractivity contribution in [2.75, 3.05) is 0 Å². The van der Waals surface area contributed by atoms with Crippen LogP contribution in [0.15, 0.2) is 16.8 Å². The summed E-state index contributed by atoms with van der Waals surface area (Å²) in [5.74, 6) is -0.983. The van der Waals surface area contributed by atoms with Gasteiger partial charge in [-0.2, -0.15) is 11.3 Å². The summed E-state index contributed by atoms with van der Waals surface area (Å²) in [5, 5.41) is 21.1. The van der Waals surface area contributed by atoms with Crippen molar-refractivity contribution in [3.8, 4) is 0 Å². The molecule has 0 radical (unpaired) electrons. The molecular formula is C7H8O3S. The normalized spacial score (nSPS) is 12.8. The Bertz CT molecular complexity index is 230. The van der Waals surface area contributed by atoms with Crippen LogP contribution in [0.1, 0.15) is 18.1 Å². The van der Waals surface area contributed by atoms with Gasteiger partial charge in [-0.05, 0) is 22.4 Å². The van der Waals surface area contributed by atoms with Gasteiger partial charge in [0.15, 0.2) is 0 Å². The first kappa shape index (κ1) is 8.23. The van der Waals surface area contributed by atoms with Gasteiger partial charge in [-0.25, -0.2) is 0 Å². The van der Waals surface area contributed by atoms with Crippen molar-refractivity contribution in [3.63, 3.8) is 0 Å². The van der Waals surface area contributed by atoms with Gasteiger partial charge in [0.25, 0.3) is 0 Å². The van der Waals surface area contributed by atoms with Crippen molar-refractivity contribution in [1.82, 2.24) is 0 Å². The third-order valence-electron chi connectivity index (χ3n) is 1.30. The molecule has 0 amide bonds. The minimum Gasteiger partial charge on any atom is -0.481 e. The van der Waals surface area contributed by atoms with E-state index in [0.717, 1.165) is 0 Å². The van der Waals surface area contributed by atoms with E-state index in [2.05, 4.69) is 0 Å². The fourth-order valence-corrected chi connectivity index (χ4v) is 1.45. The summed E-state index contributed by atoms with van der Waals surface area (Å²) in [6, 6.07) is 1.72. The second-order valence-electron chi connectivity index (χ2n) is 2.17. The van der Waals surface area contributed by atoms with E-state index in [-0.39, 0.29) is 6.42 Å². The number of aliphatic carboxylic acids is 1. The minimum atomic E-state index is -0.983. The minimum absolute atomic E-state index is 0.225. The summed E-state index contributed by atoms with van der Waals surface area (Å²) in [4.78, 5) is 10.1. The van der Waals surface area contributed by atoms with Crippen LogP contribution in [0, 0.1) is 0 Å². The summed E-state index contributed by atoms with van der Waals surface area (Å²) >= 11 is 1.44. The Balaban J connectivity index is 2.56. The zero-order valence-electron chi connectivity index (χ0n) is 5.73. The molecule has 11 heavy (non-hydrogen) atoms. The lowest BCUT2D eigenvalue weighted by Gasteiger charge is -2.03. The Kier molecular flexibility index (Phi) is 2.62. The molecule has 0 aromatic carbocycles. The number of carbonyl (C=O) groups is 1. The van der Waals surface area contributed by atoms with Crippen molar-refractivity contribution in [2.24, 2.45) is 0 Å². The van der Waals surface area contributed by atoms with Gasteiger partial charge in [0.2, 0.25) is 0 Å². The highest BCUT2D eigenvalue weighted by atomic mass is 32.1. The van der Waals surface area contributed by atoms with E-state index in [1.165, 1.54) is 11.3 Å². The number of carboxylic acid groups (broad SMARTS) is 1. The smallest absolute Gasteiger partial charge is 0.306 e. The summed E-state index contributed by atoms with van der Waals surface area (Å²) in [6.07, 6.45) is -1.09. The zero-order valence-corrected chi connectivity index (χ0v) is 6.54. The van der Waals surface area contributed by atoms with Gasteiger partial charge in [-0.3, -0.25) is 4.79 Å². The maximum absolute atomic E-state index is 10.1. The molecule has 0 fully saturated rings. The average Bonchev–Trinajstić information content (AvgIpc) is 2.35. The van der Waals surface area contributed by atoms with Gasteiger partial charge in [0, 0.05) is 0 Å². The van der Waals surface area contributed by atoms with Crippen LogP contribution in [0.3, 0.4) is 0 Å². The van der Waals surface area contributed by atoms with Crippen LogP contribution in [0.2, 0.25) is 0 Å². The third kappa shape index (κ3) is 2.32. The van der Waals surface area contributed by atoms with E-state index in [1.54, 1.807) is 16.8 Å². The maximum atomic E-state index is 10.1. The highest BCUT2D eigenvalue weighted by Gasteiger charge is 2.11. The SMILES string of the molecule is O=C(O)CC(O)c1ccsc1. The number of aliphatic hydroxyl groups is 1. The molecule has 0 saturated heterocycles. The van der Waals surface area contributed by atoms with E-state index < -0.39 is 12.1 Å². The highest BCUT2D eigenvalue weighted by molar-refractivity contribution is 7.07. The molecule has 1 aromatic heterocycles. The molecule has 4 heteroatoms. The molecule has 1 rings (SSSR count).